The molecule has 2 atom stereocenters. The first-order valence-electron chi connectivity index (χ1n) is 6.24. The molecule has 6 heteroatoms. The summed E-state index contributed by atoms with van der Waals surface area (Å²) in [6, 6.07) is 4.48. The maximum Gasteiger partial charge on any atom is 0.151 e. The standard InChI is InChI=1S/C13H17BrFNO2S/c1-19(17,18)13-4-2-3-12(13)16-8-9-7-10(15)5-6-11(9)14/h5-7,12-13,16H,2-4,8H2,1H3. The predicted octanol–water partition coefficient (Wildman–Crippen LogP) is 2.64. The van der Waals surface area contributed by atoms with Gasteiger partial charge >= 0.3 is 0 Å². The van der Waals surface area contributed by atoms with E-state index in [9.17, 15) is 12.8 Å². The summed E-state index contributed by atoms with van der Waals surface area (Å²) in [5.74, 6) is -0.286. The third kappa shape index (κ3) is 3.77. The number of rotatable bonds is 4. The Kier molecular flexibility index (Phi) is 4.63. The molecule has 1 saturated carbocycles. The molecule has 0 saturated heterocycles. The molecule has 0 radical (unpaired) electrons. The van der Waals surface area contributed by atoms with Gasteiger partial charge in [-0.2, -0.15) is 0 Å². The van der Waals surface area contributed by atoms with Crippen LogP contribution in [0.5, 0.6) is 0 Å². The van der Waals surface area contributed by atoms with Crippen molar-refractivity contribution in [3.05, 3.63) is 34.1 Å². The van der Waals surface area contributed by atoms with Crippen molar-refractivity contribution >= 4 is 25.8 Å². The van der Waals surface area contributed by atoms with Gasteiger partial charge in [-0.3, -0.25) is 0 Å². The molecular formula is C13H17BrFNO2S. The minimum absolute atomic E-state index is 0.0369. The molecule has 1 aliphatic rings. The molecule has 0 bridgehead atoms. The lowest BCUT2D eigenvalue weighted by molar-refractivity contribution is 0.505. The van der Waals surface area contributed by atoms with Gasteiger partial charge in [-0.05, 0) is 36.6 Å². The normalized spacial score (nSPS) is 23.7. The van der Waals surface area contributed by atoms with Gasteiger partial charge in [0.2, 0.25) is 0 Å². The SMILES string of the molecule is CS(=O)(=O)C1CCCC1NCc1cc(F)ccc1Br. The van der Waals surface area contributed by atoms with E-state index in [0.29, 0.717) is 13.0 Å². The van der Waals surface area contributed by atoms with Crippen molar-refractivity contribution in [1.29, 1.82) is 0 Å². The molecule has 106 valence electrons. The highest BCUT2D eigenvalue weighted by atomic mass is 79.9. The van der Waals surface area contributed by atoms with Crippen LogP contribution in [0.15, 0.2) is 22.7 Å². The van der Waals surface area contributed by atoms with Gasteiger partial charge in [0.05, 0.1) is 5.25 Å². The largest absolute Gasteiger partial charge is 0.309 e. The first-order chi connectivity index (χ1) is 8.88. The quantitative estimate of drug-likeness (QED) is 0.908. The van der Waals surface area contributed by atoms with Gasteiger partial charge in [0.1, 0.15) is 5.82 Å². The lowest BCUT2D eigenvalue weighted by Crippen LogP contribution is -2.39. The van der Waals surface area contributed by atoms with E-state index in [1.165, 1.54) is 18.4 Å². The fourth-order valence-corrected chi connectivity index (χ4v) is 4.40. The summed E-state index contributed by atoms with van der Waals surface area (Å²) < 4.78 is 37.3. The molecule has 1 aromatic carbocycles. The lowest BCUT2D eigenvalue weighted by Gasteiger charge is -2.20. The second-order valence-electron chi connectivity index (χ2n) is 5.02. The lowest BCUT2D eigenvalue weighted by atomic mass is 10.2. The van der Waals surface area contributed by atoms with E-state index in [1.807, 2.05) is 0 Å². The van der Waals surface area contributed by atoms with Crippen LogP contribution in [0.2, 0.25) is 0 Å². The molecule has 1 aliphatic carbocycles. The van der Waals surface area contributed by atoms with E-state index in [0.717, 1.165) is 22.9 Å². The van der Waals surface area contributed by atoms with E-state index < -0.39 is 9.84 Å². The first-order valence-corrected chi connectivity index (χ1v) is 8.99. The van der Waals surface area contributed by atoms with Gasteiger partial charge in [0.15, 0.2) is 9.84 Å². The van der Waals surface area contributed by atoms with Gasteiger partial charge in [-0.1, -0.05) is 22.4 Å². The molecule has 1 aromatic rings. The molecule has 2 rings (SSSR count). The summed E-state index contributed by atoms with van der Waals surface area (Å²) >= 11 is 3.37. The maximum absolute atomic E-state index is 13.2. The number of nitrogens with one attached hydrogen (secondary N) is 1. The predicted molar refractivity (Wildman–Crippen MR) is 77.2 cm³/mol. The van der Waals surface area contributed by atoms with Crippen LogP contribution in [0, 0.1) is 5.82 Å². The molecule has 2 unspecified atom stereocenters. The molecule has 19 heavy (non-hydrogen) atoms. The third-order valence-electron chi connectivity index (χ3n) is 3.56. The van der Waals surface area contributed by atoms with Crippen molar-refractivity contribution in [2.45, 2.75) is 37.1 Å². The number of hydrogen-bond acceptors (Lipinski definition) is 3. The molecule has 0 amide bonds. The van der Waals surface area contributed by atoms with Gasteiger partial charge in [0.25, 0.3) is 0 Å². The minimum atomic E-state index is -3.02. The van der Waals surface area contributed by atoms with Crippen molar-refractivity contribution in [2.75, 3.05) is 6.26 Å². The maximum atomic E-state index is 13.2. The van der Waals surface area contributed by atoms with Crippen molar-refractivity contribution in [1.82, 2.24) is 5.32 Å². The zero-order chi connectivity index (χ0) is 14.0. The fraction of sp³-hybridized carbons (Fsp3) is 0.538. The Labute approximate surface area is 121 Å². The van der Waals surface area contributed by atoms with Crippen molar-refractivity contribution in [3.8, 4) is 0 Å². The van der Waals surface area contributed by atoms with Gasteiger partial charge < -0.3 is 5.32 Å². The second kappa shape index (κ2) is 5.89. The number of halogens is 2. The zero-order valence-corrected chi connectivity index (χ0v) is 13.1. The van der Waals surface area contributed by atoms with Crippen LogP contribution >= 0.6 is 15.9 Å². The molecule has 1 fully saturated rings. The van der Waals surface area contributed by atoms with E-state index in [-0.39, 0.29) is 17.1 Å². The average molecular weight is 350 g/mol. The summed E-state index contributed by atoms with van der Waals surface area (Å²) in [5.41, 5.74) is 0.805. The van der Waals surface area contributed by atoms with E-state index in [4.69, 9.17) is 0 Å². The summed E-state index contributed by atoms with van der Waals surface area (Å²) in [6.45, 7) is 0.467. The van der Waals surface area contributed by atoms with E-state index in [1.54, 1.807) is 6.07 Å². The van der Waals surface area contributed by atoms with Gasteiger partial charge in [-0.15, -0.1) is 0 Å². The van der Waals surface area contributed by atoms with Gasteiger partial charge in [-0.25, -0.2) is 12.8 Å². The molecule has 0 spiro atoms. The molecular weight excluding hydrogens is 333 g/mol. The smallest absolute Gasteiger partial charge is 0.151 e. The van der Waals surface area contributed by atoms with Crippen LogP contribution in [-0.4, -0.2) is 26.0 Å². The highest BCUT2D eigenvalue weighted by Crippen LogP contribution is 2.26. The molecule has 3 nitrogen and oxygen atoms in total. The van der Waals surface area contributed by atoms with E-state index in [2.05, 4.69) is 21.2 Å². The summed E-state index contributed by atoms with van der Waals surface area (Å²) in [5, 5.41) is 2.93. The average Bonchev–Trinajstić information content (AvgIpc) is 2.78. The first kappa shape index (κ1) is 14.9. The Balaban J connectivity index is 2.04. The third-order valence-corrected chi connectivity index (χ3v) is 6.00. The Morgan fingerprint density at radius 3 is 2.84 bits per heavy atom. The molecule has 0 heterocycles. The Morgan fingerprint density at radius 1 is 1.42 bits per heavy atom. The van der Waals surface area contributed by atoms with Crippen LogP contribution in [0.25, 0.3) is 0 Å². The number of benzene rings is 1. The van der Waals surface area contributed by atoms with Gasteiger partial charge in [0, 0.05) is 23.3 Å². The number of sulfone groups is 1. The van der Waals surface area contributed by atoms with Crippen LogP contribution in [0.1, 0.15) is 24.8 Å². The van der Waals surface area contributed by atoms with Crippen molar-refractivity contribution < 1.29 is 12.8 Å². The summed E-state index contributed by atoms with van der Waals surface area (Å²) in [4.78, 5) is 0. The van der Waals surface area contributed by atoms with Crippen molar-refractivity contribution in [3.63, 3.8) is 0 Å². The van der Waals surface area contributed by atoms with E-state index >= 15 is 0 Å². The zero-order valence-electron chi connectivity index (χ0n) is 10.7. The van der Waals surface area contributed by atoms with Crippen molar-refractivity contribution in [2.24, 2.45) is 0 Å². The Bertz CT molecular complexity index is 562. The second-order valence-corrected chi connectivity index (χ2v) is 8.14. The van der Waals surface area contributed by atoms with Crippen LogP contribution in [-0.2, 0) is 16.4 Å². The van der Waals surface area contributed by atoms with Crippen LogP contribution in [0.4, 0.5) is 4.39 Å². The molecule has 1 N–H and O–H groups in total. The monoisotopic (exact) mass is 349 g/mol. The molecule has 0 aliphatic heterocycles. The Morgan fingerprint density at radius 2 is 2.16 bits per heavy atom. The fourth-order valence-electron chi connectivity index (χ4n) is 2.59. The molecule has 0 aromatic heterocycles. The summed E-state index contributed by atoms with van der Waals surface area (Å²) in [6.07, 6.45) is 3.76. The van der Waals surface area contributed by atoms with Crippen LogP contribution < -0.4 is 5.32 Å². The number of hydrogen-bond donors (Lipinski definition) is 1. The highest BCUT2D eigenvalue weighted by Gasteiger charge is 2.34. The van der Waals surface area contributed by atoms with Crippen LogP contribution in [0.3, 0.4) is 0 Å². The topological polar surface area (TPSA) is 46.2 Å². The Hall–Kier alpha value is -0.460. The minimum Gasteiger partial charge on any atom is -0.309 e. The summed E-state index contributed by atoms with van der Waals surface area (Å²) in [7, 11) is -3.02. The highest BCUT2D eigenvalue weighted by molar-refractivity contribution is 9.10.